The van der Waals surface area contributed by atoms with Crippen LogP contribution in [0.3, 0.4) is 0 Å². The number of ether oxygens (including phenoxy) is 1. The second-order valence-corrected chi connectivity index (χ2v) is 14.0. The summed E-state index contributed by atoms with van der Waals surface area (Å²) in [7, 11) is -2.78. The van der Waals surface area contributed by atoms with Crippen molar-refractivity contribution < 1.29 is 22.7 Å². The van der Waals surface area contributed by atoms with Gasteiger partial charge in [-0.3, -0.25) is 13.9 Å². The minimum Gasteiger partial charge on any atom is -0.495 e. The van der Waals surface area contributed by atoms with Gasteiger partial charge in [-0.2, -0.15) is 0 Å². The first-order valence-electron chi connectivity index (χ1n) is 15.9. The topological polar surface area (TPSA) is 96.0 Å². The molecule has 1 saturated carbocycles. The number of rotatable bonds is 13. The first-order valence-corrected chi connectivity index (χ1v) is 17.7. The molecular weight excluding hydrogens is 634 g/mol. The van der Waals surface area contributed by atoms with Gasteiger partial charge in [0, 0.05) is 24.0 Å². The molecule has 1 N–H and O–H groups in total. The number of hydrogen-bond acceptors (Lipinski definition) is 5. The maximum atomic E-state index is 14.7. The van der Waals surface area contributed by atoms with Crippen molar-refractivity contribution in [2.45, 2.75) is 62.0 Å². The van der Waals surface area contributed by atoms with E-state index in [2.05, 4.69) is 5.32 Å². The molecule has 0 spiro atoms. The van der Waals surface area contributed by atoms with Crippen LogP contribution >= 0.6 is 11.6 Å². The zero-order chi connectivity index (χ0) is 33.2. The zero-order valence-corrected chi connectivity index (χ0v) is 28.0. The largest absolute Gasteiger partial charge is 0.495 e. The van der Waals surface area contributed by atoms with E-state index < -0.39 is 28.5 Å². The molecule has 1 fully saturated rings. The van der Waals surface area contributed by atoms with E-state index in [1.165, 1.54) is 24.1 Å². The average Bonchev–Trinajstić information content (AvgIpc) is 3.10. The van der Waals surface area contributed by atoms with Gasteiger partial charge in [0.25, 0.3) is 10.0 Å². The number of carbonyl (C=O) groups excluding carboxylic acids is 2. The highest BCUT2D eigenvalue weighted by atomic mass is 35.5. The predicted molar refractivity (Wildman–Crippen MR) is 185 cm³/mol. The zero-order valence-electron chi connectivity index (χ0n) is 26.4. The van der Waals surface area contributed by atoms with Crippen LogP contribution in [0.5, 0.6) is 5.75 Å². The van der Waals surface area contributed by atoms with Gasteiger partial charge in [-0.25, -0.2) is 8.42 Å². The van der Waals surface area contributed by atoms with E-state index >= 15 is 0 Å². The number of para-hydroxylation sites is 2. The third-order valence-corrected chi connectivity index (χ3v) is 10.5. The molecule has 0 bridgehead atoms. The van der Waals surface area contributed by atoms with E-state index in [1.807, 2.05) is 30.3 Å². The number of amides is 2. The lowest BCUT2D eigenvalue weighted by atomic mass is 9.94. The molecule has 1 unspecified atom stereocenters. The van der Waals surface area contributed by atoms with Crippen LogP contribution in [-0.4, -0.2) is 50.9 Å². The Morgan fingerprint density at radius 3 is 2.11 bits per heavy atom. The summed E-state index contributed by atoms with van der Waals surface area (Å²) in [6.45, 7) is -0.496. The van der Waals surface area contributed by atoms with Crippen molar-refractivity contribution in [1.29, 1.82) is 0 Å². The molecule has 1 aliphatic carbocycles. The smallest absolute Gasteiger partial charge is 0.264 e. The minimum atomic E-state index is -4.23. The van der Waals surface area contributed by atoms with E-state index in [1.54, 1.807) is 66.7 Å². The molecule has 5 rings (SSSR count). The van der Waals surface area contributed by atoms with Gasteiger partial charge < -0.3 is 15.0 Å². The minimum absolute atomic E-state index is 0.0190. The molecule has 0 saturated heterocycles. The number of benzene rings is 4. The molecule has 0 heterocycles. The van der Waals surface area contributed by atoms with Crippen LogP contribution in [0.2, 0.25) is 5.02 Å². The van der Waals surface area contributed by atoms with E-state index in [0.29, 0.717) is 10.8 Å². The highest BCUT2D eigenvalue weighted by Gasteiger charge is 2.36. The van der Waals surface area contributed by atoms with Crippen LogP contribution in [0.4, 0.5) is 5.69 Å². The van der Waals surface area contributed by atoms with Gasteiger partial charge in [0.2, 0.25) is 11.8 Å². The van der Waals surface area contributed by atoms with Crippen molar-refractivity contribution in [2.75, 3.05) is 18.0 Å². The van der Waals surface area contributed by atoms with Crippen LogP contribution in [-0.2, 0) is 32.6 Å². The highest BCUT2D eigenvalue weighted by Crippen LogP contribution is 2.33. The lowest BCUT2D eigenvalue weighted by molar-refractivity contribution is -0.140. The lowest BCUT2D eigenvalue weighted by Gasteiger charge is -2.35. The third-order valence-electron chi connectivity index (χ3n) is 8.45. The number of sulfonamides is 1. The van der Waals surface area contributed by atoms with Crippen LogP contribution in [0, 0.1) is 0 Å². The van der Waals surface area contributed by atoms with E-state index in [4.69, 9.17) is 16.3 Å². The maximum Gasteiger partial charge on any atom is 0.264 e. The summed E-state index contributed by atoms with van der Waals surface area (Å²) < 4.78 is 35.1. The first-order chi connectivity index (χ1) is 22.8. The highest BCUT2D eigenvalue weighted by molar-refractivity contribution is 7.92. The van der Waals surface area contributed by atoms with Crippen molar-refractivity contribution >= 4 is 39.1 Å². The van der Waals surface area contributed by atoms with Gasteiger partial charge >= 0.3 is 0 Å². The van der Waals surface area contributed by atoms with E-state index in [9.17, 15) is 18.0 Å². The fourth-order valence-electron chi connectivity index (χ4n) is 5.95. The fourth-order valence-corrected chi connectivity index (χ4v) is 7.53. The second kappa shape index (κ2) is 16.0. The van der Waals surface area contributed by atoms with Crippen molar-refractivity contribution in [3.63, 3.8) is 0 Å². The van der Waals surface area contributed by atoms with Gasteiger partial charge in [-0.1, -0.05) is 104 Å². The summed E-state index contributed by atoms with van der Waals surface area (Å²) in [5.41, 5.74) is 1.84. The molecule has 8 nitrogen and oxygen atoms in total. The summed E-state index contributed by atoms with van der Waals surface area (Å²) in [5, 5.41) is 3.76. The van der Waals surface area contributed by atoms with Gasteiger partial charge in [-0.15, -0.1) is 0 Å². The standard InChI is InChI=1S/C37H40ClN3O5S/c1-46-35-20-12-11-19-33(35)41(47(44,45)32-17-9-4-10-18-32)27-36(42)40(26-29-21-23-30(38)24-22-29)34(25-28-13-5-2-6-14-28)37(43)39-31-15-7-3-8-16-31/h2,4-6,9-14,17-24,31,34H,3,7-8,15-16,25-27H2,1H3,(H,39,43). The fraction of sp³-hybridized carbons (Fsp3) is 0.297. The second-order valence-electron chi connectivity index (χ2n) is 11.7. The summed E-state index contributed by atoms with van der Waals surface area (Å²) in [6.07, 6.45) is 5.21. The summed E-state index contributed by atoms with van der Waals surface area (Å²) in [4.78, 5) is 30.4. The molecule has 10 heteroatoms. The number of anilines is 1. The van der Waals surface area contributed by atoms with Gasteiger partial charge in [0.15, 0.2) is 0 Å². The summed E-state index contributed by atoms with van der Waals surface area (Å²) >= 11 is 6.18. The van der Waals surface area contributed by atoms with Crippen molar-refractivity contribution in [3.8, 4) is 5.75 Å². The van der Waals surface area contributed by atoms with Crippen molar-refractivity contribution in [1.82, 2.24) is 10.2 Å². The maximum absolute atomic E-state index is 14.7. The van der Waals surface area contributed by atoms with Crippen LogP contribution in [0.25, 0.3) is 0 Å². The predicted octanol–water partition coefficient (Wildman–Crippen LogP) is 6.63. The first kappa shape index (κ1) is 34.0. The van der Waals surface area contributed by atoms with Crippen LogP contribution in [0.1, 0.15) is 43.2 Å². The molecular formula is C37H40ClN3O5S. The molecule has 4 aromatic carbocycles. The van der Waals surface area contributed by atoms with Gasteiger partial charge in [0.1, 0.15) is 18.3 Å². The Kier molecular flexibility index (Phi) is 11.6. The Hall–Kier alpha value is -4.34. The molecule has 0 aromatic heterocycles. The third kappa shape index (κ3) is 8.73. The number of hydrogen-bond donors (Lipinski definition) is 1. The molecule has 4 aromatic rings. The Bertz CT molecular complexity index is 1730. The quantitative estimate of drug-likeness (QED) is 0.172. The van der Waals surface area contributed by atoms with Crippen molar-refractivity contribution in [2.24, 2.45) is 0 Å². The van der Waals surface area contributed by atoms with Crippen LogP contribution in [0.15, 0.2) is 114 Å². The van der Waals surface area contributed by atoms with Crippen molar-refractivity contribution in [3.05, 3.63) is 125 Å². The molecule has 0 aliphatic heterocycles. The Balaban J connectivity index is 1.57. The molecule has 1 aliphatic rings. The molecule has 47 heavy (non-hydrogen) atoms. The van der Waals surface area contributed by atoms with E-state index in [-0.39, 0.29) is 35.5 Å². The van der Waals surface area contributed by atoms with Gasteiger partial charge in [0.05, 0.1) is 17.7 Å². The SMILES string of the molecule is COc1ccccc1N(CC(=O)N(Cc1ccc(Cl)cc1)C(Cc1ccccc1)C(=O)NC1CCCCC1)S(=O)(=O)c1ccccc1. The Morgan fingerprint density at radius 1 is 0.830 bits per heavy atom. The monoisotopic (exact) mass is 673 g/mol. The summed E-state index contributed by atoms with van der Waals surface area (Å²) in [6, 6.07) is 30.4. The normalized spacial score (nSPS) is 14.2. The number of methoxy groups -OCH3 is 1. The number of halogens is 1. The molecule has 1 atom stereocenters. The van der Waals surface area contributed by atoms with Crippen LogP contribution < -0.4 is 14.4 Å². The van der Waals surface area contributed by atoms with Gasteiger partial charge in [-0.05, 0) is 60.4 Å². The van der Waals surface area contributed by atoms with E-state index in [0.717, 1.165) is 47.5 Å². The molecule has 0 radical (unpaired) electrons. The number of nitrogens with one attached hydrogen (secondary N) is 1. The Labute approximate surface area is 282 Å². The summed E-state index contributed by atoms with van der Waals surface area (Å²) in [5.74, 6) is -0.511. The molecule has 246 valence electrons. The lowest BCUT2D eigenvalue weighted by Crippen LogP contribution is -2.55. The number of carbonyl (C=O) groups is 2. The Morgan fingerprint density at radius 2 is 1.45 bits per heavy atom. The average molecular weight is 674 g/mol. The number of nitrogens with zero attached hydrogens (tertiary/aromatic N) is 2. The molecule has 2 amide bonds.